The Morgan fingerprint density at radius 2 is 2.31 bits per heavy atom. The van der Waals surface area contributed by atoms with Crippen molar-refractivity contribution < 1.29 is 0 Å². The summed E-state index contributed by atoms with van der Waals surface area (Å²) in [5, 5.41) is 7.75. The van der Waals surface area contributed by atoms with Crippen LogP contribution < -0.4 is 5.32 Å². The fourth-order valence-electron chi connectivity index (χ4n) is 1.50. The van der Waals surface area contributed by atoms with Gasteiger partial charge in [-0.25, -0.2) is 0 Å². The zero-order valence-corrected chi connectivity index (χ0v) is 10.7. The summed E-state index contributed by atoms with van der Waals surface area (Å²) in [6.45, 7) is 13.3. The normalized spacial score (nSPS) is 11.0. The molecule has 3 heteroatoms. The smallest absolute Gasteiger partial charge is 0.0522 e. The van der Waals surface area contributed by atoms with Gasteiger partial charge in [0.05, 0.1) is 5.69 Å². The topological polar surface area (TPSA) is 29.9 Å². The number of aryl methyl sites for hydroxylation is 1. The van der Waals surface area contributed by atoms with Crippen molar-refractivity contribution in [3.05, 3.63) is 30.1 Å². The minimum absolute atomic E-state index is 0.687. The summed E-state index contributed by atoms with van der Waals surface area (Å²) in [7, 11) is 0. The summed E-state index contributed by atoms with van der Waals surface area (Å²) in [4.78, 5) is 0. The highest BCUT2D eigenvalue weighted by atomic mass is 15.3. The van der Waals surface area contributed by atoms with E-state index in [9.17, 15) is 0 Å². The van der Waals surface area contributed by atoms with Crippen LogP contribution in [0, 0.1) is 5.92 Å². The van der Waals surface area contributed by atoms with Crippen LogP contribution in [0.15, 0.2) is 24.4 Å². The molecule has 0 fully saturated rings. The van der Waals surface area contributed by atoms with Crippen molar-refractivity contribution in [3.8, 4) is 0 Å². The van der Waals surface area contributed by atoms with Gasteiger partial charge in [0, 0.05) is 19.3 Å². The second-order valence-electron chi connectivity index (χ2n) is 4.78. The quantitative estimate of drug-likeness (QED) is 0.717. The van der Waals surface area contributed by atoms with E-state index in [1.165, 1.54) is 11.3 Å². The first-order valence-electron chi connectivity index (χ1n) is 5.95. The maximum atomic E-state index is 4.32. The number of allylic oxidation sites excluding steroid dienone is 1. The van der Waals surface area contributed by atoms with Crippen LogP contribution >= 0.6 is 0 Å². The molecule has 3 nitrogen and oxygen atoms in total. The number of nitrogens with one attached hydrogen (secondary N) is 1. The molecule has 0 aromatic carbocycles. The van der Waals surface area contributed by atoms with Gasteiger partial charge in [-0.3, -0.25) is 4.68 Å². The molecule has 0 unspecified atom stereocenters. The van der Waals surface area contributed by atoms with Crippen LogP contribution in [0.25, 0.3) is 0 Å². The lowest BCUT2D eigenvalue weighted by Gasteiger charge is -2.10. The first-order valence-corrected chi connectivity index (χ1v) is 5.95. The Balaban J connectivity index is 2.40. The Morgan fingerprint density at radius 1 is 1.56 bits per heavy atom. The van der Waals surface area contributed by atoms with Crippen LogP contribution in [0.5, 0.6) is 0 Å². The standard InChI is InChI=1S/C13H23N3/c1-11(2)6-8-16-13(5-7-15-16)10-14-9-12(3)4/h5,7,12,14H,1,6,8-10H2,2-4H3. The van der Waals surface area contributed by atoms with Gasteiger partial charge in [-0.05, 0) is 31.9 Å². The Labute approximate surface area is 98.5 Å². The monoisotopic (exact) mass is 221 g/mol. The first-order chi connectivity index (χ1) is 7.59. The molecule has 0 aliphatic carbocycles. The van der Waals surface area contributed by atoms with Gasteiger partial charge in [-0.2, -0.15) is 5.10 Å². The predicted molar refractivity (Wildman–Crippen MR) is 68.2 cm³/mol. The Kier molecular flexibility index (Phi) is 5.26. The number of nitrogens with zero attached hydrogens (tertiary/aromatic N) is 2. The molecule has 0 aliphatic heterocycles. The molecule has 1 rings (SSSR count). The molecule has 0 saturated heterocycles. The lowest BCUT2D eigenvalue weighted by molar-refractivity contribution is 0.517. The van der Waals surface area contributed by atoms with Gasteiger partial charge in [-0.15, -0.1) is 6.58 Å². The van der Waals surface area contributed by atoms with E-state index in [-0.39, 0.29) is 0 Å². The third kappa shape index (κ3) is 4.62. The molecule has 1 aromatic rings. The summed E-state index contributed by atoms with van der Waals surface area (Å²) in [6, 6.07) is 2.08. The second-order valence-corrected chi connectivity index (χ2v) is 4.78. The molecule has 0 bridgehead atoms. The fraction of sp³-hybridized carbons (Fsp3) is 0.615. The van der Waals surface area contributed by atoms with Crippen LogP contribution in [0.3, 0.4) is 0 Å². The molecule has 0 spiro atoms. The molecule has 0 atom stereocenters. The van der Waals surface area contributed by atoms with Gasteiger partial charge < -0.3 is 5.32 Å². The van der Waals surface area contributed by atoms with Crippen LogP contribution in [-0.4, -0.2) is 16.3 Å². The van der Waals surface area contributed by atoms with E-state index < -0.39 is 0 Å². The minimum atomic E-state index is 0.687. The highest BCUT2D eigenvalue weighted by Crippen LogP contribution is 2.04. The minimum Gasteiger partial charge on any atom is -0.311 e. The van der Waals surface area contributed by atoms with E-state index in [1.807, 2.05) is 6.20 Å². The van der Waals surface area contributed by atoms with E-state index in [0.29, 0.717) is 5.92 Å². The first kappa shape index (κ1) is 13.0. The molecule has 1 heterocycles. The summed E-state index contributed by atoms with van der Waals surface area (Å²) >= 11 is 0. The zero-order valence-electron chi connectivity index (χ0n) is 10.7. The maximum absolute atomic E-state index is 4.32. The fourth-order valence-corrected chi connectivity index (χ4v) is 1.50. The molecular formula is C13H23N3. The van der Waals surface area contributed by atoms with E-state index in [2.05, 4.69) is 48.5 Å². The maximum Gasteiger partial charge on any atom is 0.0522 e. The summed E-state index contributed by atoms with van der Waals surface area (Å²) < 4.78 is 2.06. The van der Waals surface area contributed by atoms with Crippen molar-refractivity contribution in [3.63, 3.8) is 0 Å². The number of hydrogen-bond donors (Lipinski definition) is 1. The van der Waals surface area contributed by atoms with Gasteiger partial charge in [-0.1, -0.05) is 19.4 Å². The van der Waals surface area contributed by atoms with Crippen LogP contribution in [-0.2, 0) is 13.1 Å². The van der Waals surface area contributed by atoms with E-state index in [1.54, 1.807) is 0 Å². The van der Waals surface area contributed by atoms with Crippen molar-refractivity contribution in [1.82, 2.24) is 15.1 Å². The van der Waals surface area contributed by atoms with Crippen LogP contribution in [0.1, 0.15) is 32.9 Å². The number of rotatable bonds is 7. The van der Waals surface area contributed by atoms with Crippen molar-refractivity contribution in [2.75, 3.05) is 6.54 Å². The summed E-state index contributed by atoms with van der Waals surface area (Å²) in [5.41, 5.74) is 2.46. The highest BCUT2D eigenvalue weighted by molar-refractivity contribution is 5.01. The number of hydrogen-bond acceptors (Lipinski definition) is 2. The Bertz CT molecular complexity index is 326. The molecule has 0 amide bonds. The van der Waals surface area contributed by atoms with Gasteiger partial charge in [0.15, 0.2) is 0 Å². The van der Waals surface area contributed by atoms with Crippen molar-refractivity contribution in [1.29, 1.82) is 0 Å². The summed E-state index contributed by atoms with van der Waals surface area (Å²) in [5.74, 6) is 0.687. The third-order valence-electron chi connectivity index (χ3n) is 2.41. The van der Waals surface area contributed by atoms with Crippen LogP contribution in [0.4, 0.5) is 0 Å². The Morgan fingerprint density at radius 3 is 2.94 bits per heavy atom. The third-order valence-corrected chi connectivity index (χ3v) is 2.41. The lowest BCUT2D eigenvalue weighted by Crippen LogP contribution is -2.21. The van der Waals surface area contributed by atoms with Gasteiger partial charge in [0.2, 0.25) is 0 Å². The van der Waals surface area contributed by atoms with Crippen molar-refractivity contribution in [2.24, 2.45) is 5.92 Å². The highest BCUT2D eigenvalue weighted by Gasteiger charge is 2.02. The molecule has 0 radical (unpaired) electrons. The average molecular weight is 221 g/mol. The SMILES string of the molecule is C=C(C)CCn1nccc1CNCC(C)C. The van der Waals surface area contributed by atoms with Crippen LogP contribution in [0.2, 0.25) is 0 Å². The van der Waals surface area contributed by atoms with Gasteiger partial charge in [0.1, 0.15) is 0 Å². The van der Waals surface area contributed by atoms with Gasteiger partial charge >= 0.3 is 0 Å². The molecule has 1 N–H and O–H groups in total. The van der Waals surface area contributed by atoms with E-state index in [0.717, 1.165) is 26.1 Å². The number of aromatic nitrogens is 2. The lowest BCUT2D eigenvalue weighted by atomic mass is 10.2. The van der Waals surface area contributed by atoms with Gasteiger partial charge in [0.25, 0.3) is 0 Å². The Hall–Kier alpha value is -1.09. The largest absolute Gasteiger partial charge is 0.311 e. The summed E-state index contributed by atoms with van der Waals surface area (Å²) in [6.07, 6.45) is 2.86. The van der Waals surface area contributed by atoms with E-state index >= 15 is 0 Å². The molecule has 16 heavy (non-hydrogen) atoms. The molecule has 90 valence electrons. The molecule has 0 aliphatic rings. The van der Waals surface area contributed by atoms with Crippen molar-refractivity contribution >= 4 is 0 Å². The zero-order chi connectivity index (χ0) is 12.0. The molecular weight excluding hydrogens is 198 g/mol. The average Bonchev–Trinajstić information content (AvgIpc) is 2.62. The second kappa shape index (κ2) is 6.48. The predicted octanol–water partition coefficient (Wildman–Crippen LogP) is 2.59. The van der Waals surface area contributed by atoms with E-state index in [4.69, 9.17) is 0 Å². The molecule has 0 saturated carbocycles. The molecule has 1 aromatic heterocycles. The van der Waals surface area contributed by atoms with Crippen molar-refractivity contribution in [2.45, 2.75) is 40.3 Å².